The molecule has 0 fully saturated rings. The predicted octanol–water partition coefficient (Wildman–Crippen LogP) is 3.20. The zero-order valence-electron chi connectivity index (χ0n) is 17.5. The SMILES string of the molecule is CCNC(=NCC(=O)N1CCc2ccccc21)NCCC(OCC)C(C)C.I. The minimum atomic E-state index is 0. The molecule has 0 aromatic heterocycles. The van der Waals surface area contributed by atoms with Gasteiger partial charge in [0.2, 0.25) is 5.91 Å². The molecule has 0 bridgehead atoms. The number of carbonyl (C=O) groups excluding carboxylic acids is 1. The first kappa shape index (κ1) is 24.7. The highest BCUT2D eigenvalue weighted by Gasteiger charge is 2.23. The van der Waals surface area contributed by atoms with Crippen LogP contribution in [0.2, 0.25) is 0 Å². The third kappa shape index (κ3) is 7.24. The van der Waals surface area contributed by atoms with Gasteiger partial charge in [-0.3, -0.25) is 4.79 Å². The van der Waals surface area contributed by atoms with Crippen molar-refractivity contribution < 1.29 is 9.53 Å². The largest absolute Gasteiger partial charge is 0.378 e. The highest BCUT2D eigenvalue weighted by atomic mass is 127. The van der Waals surface area contributed by atoms with Crippen LogP contribution in [0.15, 0.2) is 29.3 Å². The van der Waals surface area contributed by atoms with Crippen molar-refractivity contribution in [1.29, 1.82) is 0 Å². The van der Waals surface area contributed by atoms with Gasteiger partial charge in [-0.1, -0.05) is 32.0 Å². The molecule has 2 N–H and O–H groups in total. The number of amides is 1. The molecule has 28 heavy (non-hydrogen) atoms. The zero-order chi connectivity index (χ0) is 19.6. The third-order valence-corrected chi connectivity index (χ3v) is 4.75. The molecule has 1 atom stereocenters. The topological polar surface area (TPSA) is 66.0 Å². The van der Waals surface area contributed by atoms with Crippen LogP contribution in [0.5, 0.6) is 0 Å². The number of nitrogens with zero attached hydrogens (tertiary/aromatic N) is 2. The van der Waals surface area contributed by atoms with Crippen LogP contribution >= 0.6 is 24.0 Å². The molecule has 2 rings (SSSR count). The van der Waals surface area contributed by atoms with Gasteiger partial charge in [0.25, 0.3) is 0 Å². The molecule has 1 heterocycles. The Morgan fingerprint density at radius 2 is 2.00 bits per heavy atom. The fourth-order valence-electron chi connectivity index (χ4n) is 3.33. The summed E-state index contributed by atoms with van der Waals surface area (Å²) in [7, 11) is 0. The summed E-state index contributed by atoms with van der Waals surface area (Å²) >= 11 is 0. The number of anilines is 1. The molecule has 158 valence electrons. The molecular formula is C21H35IN4O2. The average molecular weight is 502 g/mol. The van der Waals surface area contributed by atoms with E-state index < -0.39 is 0 Å². The molecule has 7 heteroatoms. The van der Waals surface area contributed by atoms with Crippen LogP contribution in [-0.2, 0) is 16.0 Å². The van der Waals surface area contributed by atoms with Crippen molar-refractivity contribution in [3.8, 4) is 0 Å². The number of halogens is 1. The van der Waals surface area contributed by atoms with Crippen molar-refractivity contribution in [2.45, 2.75) is 46.6 Å². The van der Waals surface area contributed by atoms with E-state index in [2.05, 4.69) is 35.5 Å². The summed E-state index contributed by atoms with van der Waals surface area (Å²) in [6.45, 7) is 11.5. The highest BCUT2D eigenvalue weighted by Crippen LogP contribution is 2.27. The van der Waals surface area contributed by atoms with Crippen LogP contribution in [0, 0.1) is 5.92 Å². The first-order valence-corrected chi connectivity index (χ1v) is 10.1. The van der Waals surface area contributed by atoms with Crippen molar-refractivity contribution in [3.63, 3.8) is 0 Å². The second-order valence-corrected chi connectivity index (χ2v) is 7.07. The van der Waals surface area contributed by atoms with Gasteiger partial charge < -0.3 is 20.3 Å². The van der Waals surface area contributed by atoms with E-state index in [1.165, 1.54) is 5.56 Å². The number of para-hydroxylation sites is 1. The quantitative estimate of drug-likeness (QED) is 0.309. The lowest BCUT2D eigenvalue weighted by Crippen LogP contribution is -2.40. The van der Waals surface area contributed by atoms with Crippen LogP contribution in [0.1, 0.15) is 39.7 Å². The molecule has 0 saturated carbocycles. The third-order valence-electron chi connectivity index (χ3n) is 4.75. The van der Waals surface area contributed by atoms with Gasteiger partial charge in [0.15, 0.2) is 5.96 Å². The molecule has 1 aromatic carbocycles. The van der Waals surface area contributed by atoms with Crippen LogP contribution in [0.25, 0.3) is 0 Å². The number of benzene rings is 1. The van der Waals surface area contributed by atoms with E-state index >= 15 is 0 Å². The van der Waals surface area contributed by atoms with E-state index in [9.17, 15) is 4.79 Å². The molecule has 0 spiro atoms. The Labute approximate surface area is 186 Å². The summed E-state index contributed by atoms with van der Waals surface area (Å²) < 4.78 is 5.78. The lowest BCUT2D eigenvalue weighted by atomic mass is 10.0. The summed E-state index contributed by atoms with van der Waals surface area (Å²) in [4.78, 5) is 18.9. The number of nitrogens with one attached hydrogen (secondary N) is 2. The van der Waals surface area contributed by atoms with Gasteiger partial charge in [0.05, 0.1) is 6.10 Å². The van der Waals surface area contributed by atoms with E-state index in [-0.39, 0.29) is 42.5 Å². The molecule has 0 radical (unpaired) electrons. The molecule has 6 nitrogen and oxygen atoms in total. The lowest BCUT2D eigenvalue weighted by molar-refractivity contribution is -0.117. The average Bonchev–Trinajstić information content (AvgIpc) is 3.09. The van der Waals surface area contributed by atoms with E-state index in [4.69, 9.17) is 4.74 Å². The number of aliphatic imine (C=N–C) groups is 1. The van der Waals surface area contributed by atoms with E-state index in [1.807, 2.05) is 36.9 Å². The van der Waals surface area contributed by atoms with Gasteiger partial charge >= 0.3 is 0 Å². The smallest absolute Gasteiger partial charge is 0.248 e. The standard InChI is InChI=1S/C21H34N4O2.HI/c1-5-22-21(23-13-11-19(16(3)4)27-6-2)24-15-20(26)25-14-12-17-9-7-8-10-18(17)25;/h7-10,16,19H,5-6,11-15H2,1-4H3,(H2,22,23,24);1H. The maximum absolute atomic E-state index is 12.6. The molecular weight excluding hydrogens is 467 g/mol. The number of hydrogen-bond acceptors (Lipinski definition) is 3. The van der Waals surface area contributed by atoms with Crippen LogP contribution in [0.3, 0.4) is 0 Å². The van der Waals surface area contributed by atoms with Crippen molar-refractivity contribution in [2.75, 3.05) is 37.7 Å². The zero-order valence-corrected chi connectivity index (χ0v) is 19.9. The Balaban J connectivity index is 0.00000392. The second kappa shape index (κ2) is 13.0. The number of hydrogen-bond donors (Lipinski definition) is 2. The summed E-state index contributed by atoms with van der Waals surface area (Å²) in [6, 6.07) is 8.09. The highest BCUT2D eigenvalue weighted by molar-refractivity contribution is 14.0. The van der Waals surface area contributed by atoms with Gasteiger partial charge in [-0.25, -0.2) is 4.99 Å². The number of ether oxygens (including phenoxy) is 1. The minimum Gasteiger partial charge on any atom is -0.378 e. The monoisotopic (exact) mass is 502 g/mol. The summed E-state index contributed by atoms with van der Waals surface area (Å²) in [5, 5.41) is 6.53. The lowest BCUT2D eigenvalue weighted by Gasteiger charge is -2.21. The Morgan fingerprint density at radius 3 is 2.68 bits per heavy atom. The molecule has 1 aliphatic rings. The van der Waals surface area contributed by atoms with Crippen LogP contribution in [0.4, 0.5) is 5.69 Å². The summed E-state index contributed by atoms with van der Waals surface area (Å²) in [5.41, 5.74) is 2.25. The Morgan fingerprint density at radius 1 is 1.25 bits per heavy atom. The molecule has 1 amide bonds. The van der Waals surface area contributed by atoms with Gasteiger partial charge in [0, 0.05) is 31.9 Å². The van der Waals surface area contributed by atoms with Crippen LogP contribution in [-0.4, -0.2) is 50.8 Å². The molecule has 1 aromatic rings. The van der Waals surface area contributed by atoms with Crippen molar-refractivity contribution >= 4 is 41.5 Å². The maximum atomic E-state index is 12.6. The minimum absolute atomic E-state index is 0. The van der Waals surface area contributed by atoms with Gasteiger partial charge in [0.1, 0.15) is 6.54 Å². The van der Waals surface area contributed by atoms with Gasteiger partial charge in [-0.2, -0.15) is 0 Å². The normalized spacial score (nSPS) is 14.5. The maximum Gasteiger partial charge on any atom is 0.248 e. The first-order valence-electron chi connectivity index (χ1n) is 10.1. The fourth-order valence-corrected chi connectivity index (χ4v) is 3.33. The number of rotatable bonds is 9. The number of guanidine groups is 1. The summed E-state index contributed by atoms with van der Waals surface area (Å²) in [6.07, 6.45) is 2.05. The number of fused-ring (bicyclic) bond motifs is 1. The van der Waals surface area contributed by atoms with Crippen molar-refractivity contribution in [3.05, 3.63) is 29.8 Å². The summed E-state index contributed by atoms with van der Waals surface area (Å²) in [5.74, 6) is 1.19. The Bertz CT molecular complexity index is 637. The predicted molar refractivity (Wildman–Crippen MR) is 127 cm³/mol. The second-order valence-electron chi connectivity index (χ2n) is 7.07. The molecule has 0 aliphatic carbocycles. The van der Waals surface area contributed by atoms with Crippen molar-refractivity contribution in [2.24, 2.45) is 10.9 Å². The van der Waals surface area contributed by atoms with Crippen LogP contribution < -0.4 is 15.5 Å². The Hall–Kier alpha value is -1.35. The fraction of sp³-hybridized carbons (Fsp3) is 0.619. The Kier molecular flexibility index (Phi) is 11.4. The van der Waals surface area contributed by atoms with E-state index in [1.54, 1.807) is 0 Å². The molecule has 0 saturated heterocycles. The molecule has 1 unspecified atom stereocenters. The van der Waals surface area contributed by atoms with Gasteiger partial charge in [-0.15, -0.1) is 24.0 Å². The van der Waals surface area contributed by atoms with E-state index in [0.717, 1.165) is 44.8 Å². The number of carbonyl (C=O) groups is 1. The van der Waals surface area contributed by atoms with Crippen molar-refractivity contribution in [1.82, 2.24) is 10.6 Å². The molecule has 1 aliphatic heterocycles. The van der Waals surface area contributed by atoms with Gasteiger partial charge in [-0.05, 0) is 44.2 Å². The van der Waals surface area contributed by atoms with E-state index in [0.29, 0.717) is 11.9 Å². The first-order chi connectivity index (χ1) is 13.1.